The van der Waals surface area contributed by atoms with Crippen LogP contribution in [-0.2, 0) is 11.2 Å². The Labute approximate surface area is 127 Å². The topological polar surface area (TPSA) is 64.4 Å². The Morgan fingerprint density at radius 2 is 2.09 bits per heavy atom. The first kappa shape index (κ1) is 14.1. The number of nitrogens with zero attached hydrogens (tertiary/aromatic N) is 1. The summed E-state index contributed by atoms with van der Waals surface area (Å²) >= 11 is 0. The summed E-state index contributed by atoms with van der Waals surface area (Å²) in [5.41, 5.74) is 3.06. The lowest BCUT2D eigenvalue weighted by molar-refractivity contribution is -0.115. The van der Waals surface area contributed by atoms with Crippen molar-refractivity contribution in [3.63, 3.8) is 0 Å². The van der Waals surface area contributed by atoms with Crippen molar-refractivity contribution >= 4 is 22.6 Å². The third-order valence-electron chi connectivity index (χ3n) is 3.45. The van der Waals surface area contributed by atoms with Gasteiger partial charge in [0.2, 0.25) is 5.91 Å². The molecule has 5 heteroatoms. The number of hydrogen-bond acceptors (Lipinski definition) is 4. The second kappa shape index (κ2) is 5.89. The molecule has 3 aromatic rings. The first-order valence-electron chi connectivity index (χ1n) is 6.95. The van der Waals surface area contributed by atoms with Crippen molar-refractivity contribution in [2.45, 2.75) is 13.3 Å². The summed E-state index contributed by atoms with van der Waals surface area (Å²) in [6, 6.07) is 13.0. The van der Waals surface area contributed by atoms with Crippen LogP contribution >= 0.6 is 0 Å². The number of carbonyl (C=O) groups excluding carboxylic acids is 1. The normalized spacial score (nSPS) is 10.6. The molecule has 0 atom stereocenters. The lowest BCUT2D eigenvalue weighted by Gasteiger charge is -2.06. The molecule has 0 aliphatic rings. The molecule has 1 aromatic heterocycles. The van der Waals surface area contributed by atoms with Crippen molar-refractivity contribution in [1.82, 2.24) is 5.16 Å². The molecule has 0 saturated heterocycles. The zero-order chi connectivity index (χ0) is 15.5. The van der Waals surface area contributed by atoms with E-state index in [0.717, 1.165) is 16.5 Å². The molecule has 0 radical (unpaired) electrons. The number of ether oxygens (including phenoxy) is 1. The van der Waals surface area contributed by atoms with Crippen LogP contribution in [0.25, 0.3) is 11.0 Å². The highest BCUT2D eigenvalue weighted by Gasteiger charge is 2.13. The lowest BCUT2D eigenvalue weighted by Crippen LogP contribution is -2.14. The van der Waals surface area contributed by atoms with E-state index >= 15 is 0 Å². The van der Waals surface area contributed by atoms with Crippen LogP contribution in [0.15, 0.2) is 47.0 Å². The molecule has 1 heterocycles. The number of rotatable bonds is 4. The molecule has 1 N–H and O–H groups in total. The van der Waals surface area contributed by atoms with Gasteiger partial charge in [0.05, 0.1) is 13.5 Å². The number of nitrogens with one attached hydrogen (secondary N) is 1. The second-order valence-corrected chi connectivity index (χ2v) is 5.04. The van der Waals surface area contributed by atoms with Gasteiger partial charge in [0, 0.05) is 17.1 Å². The van der Waals surface area contributed by atoms with E-state index in [1.807, 2.05) is 43.3 Å². The van der Waals surface area contributed by atoms with E-state index in [9.17, 15) is 4.79 Å². The van der Waals surface area contributed by atoms with E-state index in [1.165, 1.54) is 0 Å². The number of anilines is 1. The van der Waals surface area contributed by atoms with Gasteiger partial charge in [0.15, 0.2) is 5.58 Å². The van der Waals surface area contributed by atoms with Gasteiger partial charge in [-0.3, -0.25) is 4.79 Å². The van der Waals surface area contributed by atoms with E-state index in [-0.39, 0.29) is 12.3 Å². The summed E-state index contributed by atoms with van der Waals surface area (Å²) in [5, 5.41) is 7.72. The molecule has 0 unspecified atom stereocenters. The standard InChI is InChI=1S/C17H16N2O3/c1-11-5-3-8-14-15(19-22-17(11)14)10-16(20)18-12-6-4-7-13(9-12)21-2/h3-9H,10H2,1-2H3,(H,18,20). The number of fused-ring (bicyclic) bond motifs is 1. The molecule has 0 bridgehead atoms. The van der Waals surface area contributed by atoms with Crippen LogP contribution in [0.5, 0.6) is 5.75 Å². The number of amides is 1. The number of methoxy groups -OCH3 is 1. The SMILES string of the molecule is COc1cccc(NC(=O)Cc2noc3c(C)cccc23)c1. The average molecular weight is 296 g/mol. The van der Waals surface area contributed by atoms with Crippen LogP contribution in [0.3, 0.4) is 0 Å². The summed E-state index contributed by atoms with van der Waals surface area (Å²) in [5.74, 6) is 0.547. The number of aryl methyl sites for hydroxylation is 1. The summed E-state index contributed by atoms with van der Waals surface area (Å²) < 4.78 is 10.5. The maximum atomic E-state index is 12.2. The third kappa shape index (κ3) is 2.79. The van der Waals surface area contributed by atoms with Crippen molar-refractivity contribution in [3.8, 4) is 5.75 Å². The van der Waals surface area contributed by atoms with Gasteiger partial charge in [-0.2, -0.15) is 0 Å². The van der Waals surface area contributed by atoms with Crippen LogP contribution in [0.1, 0.15) is 11.3 Å². The zero-order valence-electron chi connectivity index (χ0n) is 12.4. The number of hydrogen-bond donors (Lipinski definition) is 1. The van der Waals surface area contributed by atoms with Gasteiger partial charge in [0.1, 0.15) is 11.4 Å². The number of benzene rings is 2. The first-order chi connectivity index (χ1) is 10.7. The van der Waals surface area contributed by atoms with E-state index < -0.39 is 0 Å². The Bertz CT molecular complexity index is 824. The third-order valence-corrected chi connectivity index (χ3v) is 3.45. The predicted octanol–water partition coefficient (Wildman–Crippen LogP) is 3.33. The minimum Gasteiger partial charge on any atom is -0.497 e. The van der Waals surface area contributed by atoms with Crippen LogP contribution in [0.4, 0.5) is 5.69 Å². The Kier molecular flexibility index (Phi) is 3.78. The molecule has 0 aliphatic carbocycles. The maximum absolute atomic E-state index is 12.2. The van der Waals surface area contributed by atoms with Crippen LogP contribution in [-0.4, -0.2) is 18.2 Å². The monoisotopic (exact) mass is 296 g/mol. The quantitative estimate of drug-likeness (QED) is 0.802. The van der Waals surface area contributed by atoms with E-state index in [1.54, 1.807) is 13.2 Å². The molecule has 1 amide bonds. The highest BCUT2D eigenvalue weighted by molar-refractivity contribution is 5.95. The van der Waals surface area contributed by atoms with E-state index in [2.05, 4.69) is 10.5 Å². The van der Waals surface area contributed by atoms with Gasteiger partial charge >= 0.3 is 0 Å². The van der Waals surface area contributed by atoms with Gasteiger partial charge < -0.3 is 14.6 Å². The largest absolute Gasteiger partial charge is 0.497 e. The maximum Gasteiger partial charge on any atom is 0.230 e. The molecule has 2 aromatic carbocycles. The molecular formula is C17H16N2O3. The Hall–Kier alpha value is -2.82. The molecule has 112 valence electrons. The molecule has 22 heavy (non-hydrogen) atoms. The molecule has 0 saturated carbocycles. The average Bonchev–Trinajstić information content (AvgIpc) is 2.92. The Morgan fingerprint density at radius 1 is 1.27 bits per heavy atom. The fourth-order valence-corrected chi connectivity index (χ4v) is 2.34. The highest BCUT2D eigenvalue weighted by atomic mass is 16.5. The summed E-state index contributed by atoms with van der Waals surface area (Å²) in [4.78, 5) is 12.2. The van der Waals surface area contributed by atoms with Crippen LogP contribution in [0, 0.1) is 6.92 Å². The van der Waals surface area contributed by atoms with Crippen molar-refractivity contribution in [2.24, 2.45) is 0 Å². The number of para-hydroxylation sites is 1. The fourth-order valence-electron chi connectivity index (χ4n) is 2.34. The molecular weight excluding hydrogens is 280 g/mol. The van der Waals surface area contributed by atoms with Gasteiger partial charge in [-0.25, -0.2) is 0 Å². The minimum absolute atomic E-state index is 0.148. The number of carbonyl (C=O) groups is 1. The van der Waals surface area contributed by atoms with Gasteiger partial charge in [-0.1, -0.05) is 23.4 Å². The summed E-state index contributed by atoms with van der Waals surface area (Å²) in [7, 11) is 1.59. The summed E-state index contributed by atoms with van der Waals surface area (Å²) in [6.45, 7) is 1.95. The van der Waals surface area contributed by atoms with Crippen molar-refractivity contribution in [2.75, 3.05) is 12.4 Å². The van der Waals surface area contributed by atoms with Gasteiger partial charge in [0.25, 0.3) is 0 Å². The van der Waals surface area contributed by atoms with Gasteiger partial charge in [-0.15, -0.1) is 0 Å². The van der Waals surface area contributed by atoms with Crippen molar-refractivity contribution < 1.29 is 14.1 Å². The highest BCUT2D eigenvalue weighted by Crippen LogP contribution is 2.22. The van der Waals surface area contributed by atoms with Crippen LogP contribution in [0.2, 0.25) is 0 Å². The first-order valence-corrected chi connectivity index (χ1v) is 6.95. The molecule has 0 fully saturated rings. The minimum atomic E-state index is -0.148. The van der Waals surface area contributed by atoms with E-state index in [4.69, 9.17) is 9.26 Å². The van der Waals surface area contributed by atoms with Crippen molar-refractivity contribution in [1.29, 1.82) is 0 Å². The van der Waals surface area contributed by atoms with Gasteiger partial charge in [-0.05, 0) is 30.7 Å². The molecule has 5 nitrogen and oxygen atoms in total. The Balaban J connectivity index is 1.77. The van der Waals surface area contributed by atoms with Crippen LogP contribution < -0.4 is 10.1 Å². The molecule has 0 spiro atoms. The summed E-state index contributed by atoms with van der Waals surface area (Å²) in [6.07, 6.45) is 0.160. The predicted molar refractivity (Wildman–Crippen MR) is 84.1 cm³/mol. The van der Waals surface area contributed by atoms with Crippen molar-refractivity contribution in [3.05, 3.63) is 53.7 Å². The zero-order valence-corrected chi connectivity index (χ0v) is 12.4. The fraction of sp³-hybridized carbons (Fsp3) is 0.176. The lowest BCUT2D eigenvalue weighted by atomic mass is 10.1. The molecule has 3 rings (SSSR count). The number of aromatic nitrogens is 1. The second-order valence-electron chi connectivity index (χ2n) is 5.04. The van der Waals surface area contributed by atoms with E-state index in [0.29, 0.717) is 17.1 Å². The smallest absolute Gasteiger partial charge is 0.230 e. The Morgan fingerprint density at radius 3 is 2.91 bits per heavy atom. The molecule has 0 aliphatic heterocycles.